The van der Waals surface area contributed by atoms with Crippen molar-refractivity contribution in [2.75, 3.05) is 11.4 Å². The van der Waals surface area contributed by atoms with E-state index in [9.17, 15) is 9.18 Å². The van der Waals surface area contributed by atoms with Gasteiger partial charge in [-0.2, -0.15) is 0 Å². The predicted octanol–water partition coefficient (Wildman–Crippen LogP) is 1.90. The lowest BCUT2D eigenvalue weighted by atomic mass is 9.61. The Balaban J connectivity index is 2.34. The van der Waals surface area contributed by atoms with E-state index >= 15 is 0 Å². The standard InChI is InChI=1S/C11H10BFN2O/c13-11-3-2-10(6-9(11)7-16)15-5-1-4-12(15)8-14/h2-3,6-7H,1,4-5H2. The number of aldehydes is 1. The van der Waals surface area contributed by atoms with Crippen molar-refractivity contribution in [3.8, 4) is 5.97 Å². The summed E-state index contributed by atoms with van der Waals surface area (Å²) in [4.78, 5) is 12.5. The first-order valence-corrected chi connectivity index (χ1v) is 5.17. The SMILES string of the molecule is N#CB1CCCN1c1ccc(F)c(C=O)c1. The molecule has 5 heteroatoms. The van der Waals surface area contributed by atoms with Crippen LogP contribution in [0.4, 0.5) is 10.1 Å². The van der Waals surface area contributed by atoms with Crippen molar-refractivity contribution in [3.05, 3.63) is 29.6 Å². The van der Waals surface area contributed by atoms with E-state index in [-0.39, 0.29) is 12.4 Å². The number of halogens is 1. The molecule has 0 aliphatic carbocycles. The van der Waals surface area contributed by atoms with Crippen LogP contribution < -0.4 is 4.81 Å². The highest BCUT2D eigenvalue weighted by atomic mass is 19.1. The summed E-state index contributed by atoms with van der Waals surface area (Å²) in [5.74, 6) is 1.69. The smallest absolute Gasteiger partial charge is 0.378 e. The van der Waals surface area contributed by atoms with Crippen LogP contribution in [0.1, 0.15) is 16.8 Å². The van der Waals surface area contributed by atoms with Gasteiger partial charge in [-0.15, -0.1) is 0 Å². The summed E-state index contributed by atoms with van der Waals surface area (Å²) in [5.41, 5.74) is 0.786. The van der Waals surface area contributed by atoms with Gasteiger partial charge in [0.15, 0.2) is 6.29 Å². The summed E-state index contributed by atoms with van der Waals surface area (Å²) in [5, 5.41) is 8.94. The molecule has 1 heterocycles. The van der Waals surface area contributed by atoms with Crippen LogP contribution >= 0.6 is 0 Å². The van der Waals surface area contributed by atoms with E-state index in [2.05, 4.69) is 5.97 Å². The molecule has 1 saturated heterocycles. The van der Waals surface area contributed by atoms with Gasteiger partial charge in [0.2, 0.25) is 0 Å². The third-order valence-electron chi connectivity index (χ3n) is 2.84. The lowest BCUT2D eigenvalue weighted by molar-refractivity contribution is 0.112. The molecule has 0 aromatic heterocycles. The van der Waals surface area contributed by atoms with Crippen LogP contribution in [-0.4, -0.2) is 19.7 Å². The molecule has 0 saturated carbocycles. The normalized spacial score (nSPS) is 15.0. The topological polar surface area (TPSA) is 44.1 Å². The van der Waals surface area contributed by atoms with Crippen molar-refractivity contribution in [1.82, 2.24) is 0 Å². The number of benzene rings is 1. The lowest BCUT2D eigenvalue weighted by Gasteiger charge is -2.20. The summed E-state index contributed by atoms with van der Waals surface area (Å²) in [6, 6.07) is 4.38. The molecule has 1 aromatic rings. The molecule has 1 fully saturated rings. The van der Waals surface area contributed by atoms with Crippen molar-refractivity contribution in [2.45, 2.75) is 12.7 Å². The van der Waals surface area contributed by atoms with E-state index in [1.165, 1.54) is 12.1 Å². The molecule has 0 bridgehead atoms. The molecule has 0 unspecified atom stereocenters. The summed E-state index contributed by atoms with van der Waals surface area (Å²) in [6.45, 7) is 0.618. The zero-order chi connectivity index (χ0) is 11.5. The average molecular weight is 216 g/mol. The minimum atomic E-state index is -0.522. The van der Waals surface area contributed by atoms with Crippen LogP contribution in [-0.2, 0) is 0 Å². The predicted molar refractivity (Wildman–Crippen MR) is 59.9 cm³/mol. The van der Waals surface area contributed by atoms with E-state index in [4.69, 9.17) is 5.26 Å². The first-order chi connectivity index (χ1) is 7.76. The van der Waals surface area contributed by atoms with E-state index in [1.807, 2.05) is 4.81 Å². The zero-order valence-corrected chi connectivity index (χ0v) is 8.69. The van der Waals surface area contributed by atoms with Gasteiger partial charge in [0, 0.05) is 18.2 Å². The molecular weight excluding hydrogens is 206 g/mol. The van der Waals surface area contributed by atoms with Gasteiger partial charge < -0.3 is 4.81 Å². The molecule has 0 spiro atoms. The number of hydrogen-bond donors (Lipinski definition) is 0. The second-order valence-electron chi connectivity index (χ2n) is 3.80. The molecule has 16 heavy (non-hydrogen) atoms. The van der Waals surface area contributed by atoms with Crippen molar-refractivity contribution >= 4 is 18.8 Å². The molecule has 0 N–H and O–H groups in total. The third kappa shape index (κ3) is 1.79. The maximum atomic E-state index is 13.1. The van der Waals surface area contributed by atoms with Crippen LogP contribution in [0.25, 0.3) is 0 Å². The number of anilines is 1. The van der Waals surface area contributed by atoms with Crippen molar-refractivity contribution < 1.29 is 9.18 Å². The van der Waals surface area contributed by atoms with Crippen LogP contribution in [0, 0.1) is 17.0 Å². The monoisotopic (exact) mass is 216 g/mol. The van der Waals surface area contributed by atoms with Gasteiger partial charge in [-0.3, -0.25) is 4.79 Å². The molecule has 2 rings (SSSR count). The number of nitriles is 1. The van der Waals surface area contributed by atoms with Crippen molar-refractivity contribution in [3.63, 3.8) is 0 Å². The zero-order valence-electron chi connectivity index (χ0n) is 8.69. The second kappa shape index (κ2) is 4.36. The van der Waals surface area contributed by atoms with Gasteiger partial charge in [0.25, 0.3) is 0 Å². The van der Waals surface area contributed by atoms with Gasteiger partial charge in [0.05, 0.1) is 5.56 Å². The van der Waals surface area contributed by atoms with Crippen LogP contribution in [0.2, 0.25) is 6.32 Å². The Morgan fingerprint density at radius 2 is 2.38 bits per heavy atom. The van der Waals surface area contributed by atoms with Crippen molar-refractivity contribution in [1.29, 1.82) is 5.26 Å². The summed E-state index contributed by atoms with van der Waals surface area (Å²) >= 11 is 0. The number of carbonyl (C=O) groups excluding carboxylic acids is 1. The maximum Gasteiger partial charge on any atom is 0.378 e. The molecule has 1 aliphatic rings. The average Bonchev–Trinajstić information content (AvgIpc) is 2.78. The third-order valence-corrected chi connectivity index (χ3v) is 2.84. The Morgan fingerprint density at radius 1 is 1.56 bits per heavy atom. The van der Waals surface area contributed by atoms with Crippen molar-refractivity contribution in [2.24, 2.45) is 0 Å². The Hall–Kier alpha value is -1.83. The van der Waals surface area contributed by atoms with Gasteiger partial charge in [0.1, 0.15) is 5.82 Å². The largest absolute Gasteiger partial charge is 0.402 e. The summed E-state index contributed by atoms with van der Waals surface area (Å²) < 4.78 is 13.1. The number of rotatable bonds is 2. The minimum absolute atomic E-state index is 0.0427. The van der Waals surface area contributed by atoms with Gasteiger partial charge >= 0.3 is 6.85 Å². The van der Waals surface area contributed by atoms with Crippen LogP contribution in [0.5, 0.6) is 0 Å². The molecule has 0 atom stereocenters. The van der Waals surface area contributed by atoms with E-state index in [0.29, 0.717) is 6.29 Å². The fourth-order valence-corrected chi connectivity index (χ4v) is 2.01. The molecular formula is C11H10BFN2O. The lowest BCUT2D eigenvalue weighted by Crippen LogP contribution is -2.32. The Labute approximate surface area is 93.6 Å². The fraction of sp³-hybridized carbons (Fsp3) is 0.273. The second-order valence-corrected chi connectivity index (χ2v) is 3.80. The highest BCUT2D eigenvalue weighted by Crippen LogP contribution is 2.25. The quantitative estimate of drug-likeness (QED) is 0.560. The van der Waals surface area contributed by atoms with Gasteiger partial charge in [-0.05, 0) is 30.9 Å². The molecule has 0 radical (unpaired) electrons. The van der Waals surface area contributed by atoms with Gasteiger partial charge in [-0.1, -0.05) is 0 Å². The molecule has 0 amide bonds. The number of carbonyl (C=O) groups is 1. The van der Waals surface area contributed by atoms with Crippen LogP contribution in [0.15, 0.2) is 18.2 Å². The van der Waals surface area contributed by atoms with Crippen LogP contribution in [0.3, 0.4) is 0 Å². The maximum absolute atomic E-state index is 13.1. The summed E-state index contributed by atoms with van der Waals surface area (Å²) in [6.07, 6.45) is 2.27. The highest BCUT2D eigenvalue weighted by molar-refractivity contribution is 6.71. The fourth-order valence-electron chi connectivity index (χ4n) is 2.01. The first-order valence-electron chi connectivity index (χ1n) is 5.17. The highest BCUT2D eigenvalue weighted by Gasteiger charge is 2.29. The molecule has 1 aromatic carbocycles. The number of hydrogen-bond acceptors (Lipinski definition) is 3. The van der Waals surface area contributed by atoms with E-state index in [0.717, 1.165) is 25.0 Å². The van der Waals surface area contributed by atoms with Gasteiger partial charge in [-0.25, -0.2) is 9.65 Å². The molecule has 80 valence electrons. The Kier molecular flexibility index (Phi) is 2.91. The van der Waals surface area contributed by atoms with E-state index in [1.54, 1.807) is 6.07 Å². The molecule has 3 nitrogen and oxygen atoms in total. The minimum Gasteiger partial charge on any atom is -0.402 e. The number of nitrogens with zero attached hydrogens (tertiary/aromatic N) is 2. The Morgan fingerprint density at radius 3 is 3.06 bits per heavy atom. The van der Waals surface area contributed by atoms with E-state index < -0.39 is 5.82 Å². The molecule has 1 aliphatic heterocycles. The first kappa shape index (κ1) is 10.7. The Bertz CT molecular complexity index is 458. The summed E-state index contributed by atoms with van der Waals surface area (Å²) in [7, 11) is 0.